The van der Waals surface area contributed by atoms with Crippen LogP contribution in [0.2, 0.25) is 0 Å². The minimum Gasteiger partial charge on any atom is -0.475 e. The number of carbonyl (C=O) groups excluding carboxylic acids is 4. The molecule has 13 heteroatoms. The van der Waals surface area contributed by atoms with Crippen LogP contribution in [0.25, 0.3) is 0 Å². The second-order valence-electron chi connectivity index (χ2n) is 10.0. The van der Waals surface area contributed by atoms with E-state index in [2.05, 4.69) is 5.32 Å². The van der Waals surface area contributed by atoms with Gasteiger partial charge in [0.15, 0.2) is 0 Å². The number of hydrogen-bond donors (Lipinski definition) is 2. The van der Waals surface area contributed by atoms with Crippen molar-refractivity contribution in [2.24, 2.45) is 5.92 Å². The first-order chi connectivity index (χ1) is 17.9. The van der Waals surface area contributed by atoms with Crippen LogP contribution < -0.4 is 15.4 Å². The average Bonchev–Trinajstić information content (AvgIpc) is 3.64. The van der Waals surface area contributed by atoms with Gasteiger partial charge in [0.1, 0.15) is 23.9 Å². The number of carbonyl (C=O) groups is 4. The highest BCUT2D eigenvalue weighted by atomic mass is 19.4. The second kappa shape index (κ2) is 10.2. The summed E-state index contributed by atoms with van der Waals surface area (Å²) >= 11 is 0. The molecular formula is C25H28F3N5O5. The number of rotatable bonds is 6. The van der Waals surface area contributed by atoms with Crippen molar-refractivity contribution in [3.63, 3.8) is 0 Å². The third-order valence-corrected chi connectivity index (χ3v) is 7.22. The zero-order chi connectivity index (χ0) is 27.8. The fourth-order valence-electron chi connectivity index (χ4n) is 4.89. The third kappa shape index (κ3) is 5.39. The molecule has 2 N–H and O–H groups in total. The van der Waals surface area contributed by atoms with Crippen LogP contribution in [0.3, 0.4) is 0 Å². The standard InChI is InChI=1S/C25H28F3N5O5/c1-14(31-23(37)25(26,27)28)20(34)32(2)18(9-15-7-8-15)21(35)33-13-24(10-17(33)11-29)22(36)30-12-16-5-3-4-6-19(16)38-24/h3-6,14-15,17-18H,7-10,12-13H2,1-2H3,(H,30,36)(H,31,37). The Hall–Kier alpha value is -3.82. The van der Waals surface area contributed by atoms with Crippen molar-refractivity contribution >= 4 is 23.6 Å². The molecule has 4 unspecified atom stereocenters. The molecule has 2 heterocycles. The van der Waals surface area contributed by atoms with Gasteiger partial charge in [-0.1, -0.05) is 31.0 Å². The van der Waals surface area contributed by atoms with Crippen LogP contribution in [0.15, 0.2) is 24.3 Å². The summed E-state index contributed by atoms with van der Waals surface area (Å²) in [5.74, 6) is -3.66. The molecule has 1 aromatic rings. The summed E-state index contributed by atoms with van der Waals surface area (Å²) in [5, 5.41) is 14.3. The summed E-state index contributed by atoms with van der Waals surface area (Å²) in [4.78, 5) is 53.5. The van der Waals surface area contributed by atoms with E-state index in [1.807, 2.05) is 6.07 Å². The predicted octanol–water partition coefficient (Wildman–Crippen LogP) is 1.25. The first kappa shape index (κ1) is 27.2. The maximum absolute atomic E-state index is 13.8. The Labute approximate surface area is 217 Å². The molecule has 1 spiro atoms. The Morgan fingerprint density at radius 2 is 2.00 bits per heavy atom. The van der Waals surface area contributed by atoms with Crippen molar-refractivity contribution in [3.8, 4) is 11.8 Å². The summed E-state index contributed by atoms with van der Waals surface area (Å²) in [5.41, 5.74) is -0.786. The van der Waals surface area contributed by atoms with Gasteiger partial charge in [-0.15, -0.1) is 0 Å². The summed E-state index contributed by atoms with van der Waals surface area (Å²) < 4.78 is 44.2. The monoisotopic (exact) mass is 535 g/mol. The normalized spacial score (nSPS) is 24.3. The van der Waals surface area contributed by atoms with Crippen molar-refractivity contribution in [2.75, 3.05) is 13.6 Å². The first-order valence-electron chi connectivity index (χ1n) is 12.3. The van der Waals surface area contributed by atoms with E-state index in [9.17, 15) is 37.6 Å². The minimum atomic E-state index is -5.17. The van der Waals surface area contributed by atoms with Crippen LogP contribution >= 0.6 is 0 Å². The number of nitrogens with zero attached hydrogens (tertiary/aromatic N) is 3. The maximum atomic E-state index is 13.8. The van der Waals surface area contributed by atoms with Crippen LogP contribution in [-0.2, 0) is 25.7 Å². The molecule has 4 atom stereocenters. The summed E-state index contributed by atoms with van der Waals surface area (Å²) in [7, 11) is 1.28. The molecule has 1 saturated heterocycles. The molecule has 0 bridgehead atoms. The van der Waals surface area contributed by atoms with E-state index in [-0.39, 0.29) is 31.8 Å². The van der Waals surface area contributed by atoms with Gasteiger partial charge in [-0.25, -0.2) is 0 Å². The van der Waals surface area contributed by atoms with Gasteiger partial charge in [0.2, 0.25) is 17.4 Å². The second-order valence-corrected chi connectivity index (χ2v) is 10.0. The highest BCUT2D eigenvalue weighted by Gasteiger charge is 2.55. The number of halogens is 3. The lowest BCUT2D eigenvalue weighted by Crippen LogP contribution is -2.57. The van der Waals surface area contributed by atoms with Gasteiger partial charge in [0, 0.05) is 25.6 Å². The topological polar surface area (TPSA) is 132 Å². The van der Waals surface area contributed by atoms with Gasteiger partial charge in [0.05, 0.1) is 12.6 Å². The molecule has 0 aromatic heterocycles. The lowest BCUT2D eigenvalue weighted by molar-refractivity contribution is -0.175. The fraction of sp³-hybridized carbons (Fsp3) is 0.560. The number of alkyl halides is 3. The summed E-state index contributed by atoms with van der Waals surface area (Å²) in [6.45, 7) is 1.07. The van der Waals surface area contributed by atoms with Gasteiger partial charge in [-0.2, -0.15) is 18.4 Å². The van der Waals surface area contributed by atoms with Gasteiger partial charge >= 0.3 is 12.1 Å². The molecule has 1 aromatic carbocycles. The Balaban J connectivity index is 1.57. The largest absolute Gasteiger partial charge is 0.475 e. The SMILES string of the molecule is CC(NC(=O)C(F)(F)F)C(=O)N(C)C(CC1CC1)C(=O)N1CC2(CC1C#N)Oc1ccccc1CNC2=O. The lowest BCUT2D eigenvalue weighted by atomic mass is 9.99. The van der Waals surface area contributed by atoms with Crippen molar-refractivity contribution in [1.82, 2.24) is 20.4 Å². The van der Waals surface area contributed by atoms with Gasteiger partial charge in [0.25, 0.3) is 5.91 Å². The number of benzene rings is 1. The van der Waals surface area contributed by atoms with E-state index >= 15 is 0 Å². The van der Waals surface area contributed by atoms with E-state index in [4.69, 9.17) is 4.74 Å². The Kier molecular flexibility index (Phi) is 7.27. The Morgan fingerprint density at radius 1 is 1.32 bits per heavy atom. The van der Waals surface area contributed by atoms with Gasteiger partial charge in [-0.3, -0.25) is 19.2 Å². The molecule has 2 aliphatic heterocycles. The molecule has 2 fully saturated rings. The van der Waals surface area contributed by atoms with Crippen molar-refractivity contribution in [2.45, 2.75) is 69.1 Å². The predicted molar refractivity (Wildman–Crippen MR) is 125 cm³/mol. The van der Waals surface area contributed by atoms with Crippen molar-refractivity contribution < 1.29 is 37.1 Å². The zero-order valence-electron chi connectivity index (χ0n) is 20.9. The number of likely N-dealkylation sites (tertiary alicyclic amines) is 1. The molecule has 4 rings (SSSR count). The number of hydrogen-bond acceptors (Lipinski definition) is 6. The number of nitrogens with one attached hydrogen (secondary N) is 2. The average molecular weight is 536 g/mol. The van der Waals surface area contributed by atoms with E-state index in [1.165, 1.54) is 11.9 Å². The number of likely N-dealkylation sites (N-methyl/N-ethyl adjacent to an activating group) is 1. The smallest absolute Gasteiger partial charge is 0.471 e. The lowest BCUT2D eigenvalue weighted by Gasteiger charge is -2.34. The highest BCUT2D eigenvalue weighted by molar-refractivity contribution is 5.94. The molecule has 1 aliphatic carbocycles. The number of ether oxygens (including phenoxy) is 1. The zero-order valence-corrected chi connectivity index (χ0v) is 20.9. The van der Waals surface area contributed by atoms with Crippen LogP contribution in [0.1, 0.15) is 38.2 Å². The molecule has 204 valence electrons. The quantitative estimate of drug-likeness (QED) is 0.564. The van der Waals surface area contributed by atoms with E-state index in [0.29, 0.717) is 5.75 Å². The third-order valence-electron chi connectivity index (χ3n) is 7.22. The van der Waals surface area contributed by atoms with E-state index in [1.54, 1.807) is 29.6 Å². The number of nitriles is 1. The summed E-state index contributed by atoms with van der Waals surface area (Å²) in [6, 6.07) is 5.38. The van der Waals surface area contributed by atoms with Crippen molar-refractivity contribution in [1.29, 1.82) is 5.26 Å². The minimum absolute atomic E-state index is 0.0960. The fourth-order valence-corrected chi connectivity index (χ4v) is 4.89. The number of amides is 4. The first-order valence-corrected chi connectivity index (χ1v) is 12.3. The molecule has 38 heavy (non-hydrogen) atoms. The van der Waals surface area contributed by atoms with E-state index in [0.717, 1.165) is 30.2 Å². The van der Waals surface area contributed by atoms with Crippen LogP contribution in [0, 0.1) is 17.2 Å². The Bertz CT molecular complexity index is 1180. The highest BCUT2D eigenvalue weighted by Crippen LogP contribution is 2.39. The molecule has 10 nitrogen and oxygen atoms in total. The van der Waals surface area contributed by atoms with Crippen molar-refractivity contribution in [3.05, 3.63) is 29.8 Å². The molecule has 1 saturated carbocycles. The van der Waals surface area contributed by atoms with Crippen LogP contribution in [-0.4, -0.2) is 76.9 Å². The van der Waals surface area contributed by atoms with Gasteiger partial charge < -0.3 is 25.2 Å². The molecule has 3 aliphatic rings. The van der Waals surface area contributed by atoms with E-state index < -0.39 is 53.5 Å². The molecule has 0 radical (unpaired) electrons. The van der Waals surface area contributed by atoms with Gasteiger partial charge in [-0.05, 0) is 25.3 Å². The Morgan fingerprint density at radius 3 is 2.63 bits per heavy atom. The summed E-state index contributed by atoms with van der Waals surface area (Å²) in [6.07, 6.45) is -3.39. The number of para-hydroxylation sites is 1. The van der Waals surface area contributed by atoms with Crippen LogP contribution in [0.4, 0.5) is 13.2 Å². The van der Waals surface area contributed by atoms with Crippen LogP contribution in [0.5, 0.6) is 5.75 Å². The number of fused-ring (bicyclic) bond motifs is 1. The molecular weight excluding hydrogens is 507 g/mol. The molecule has 4 amide bonds. The maximum Gasteiger partial charge on any atom is 0.471 e.